The molecule has 1 aliphatic rings. The summed E-state index contributed by atoms with van der Waals surface area (Å²) < 4.78 is 5.18. The number of ether oxygens (including phenoxy) is 1. The lowest BCUT2D eigenvalue weighted by Crippen LogP contribution is -2.35. The van der Waals surface area contributed by atoms with Crippen molar-refractivity contribution >= 4 is 34.8 Å². The molecule has 7 heteroatoms. The Morgan fingerprint density at radius 1 is 1.04 bits per heavy atom. The van der Waals surface area contributed by atoms with Gasteiger partial charge in [0.05, 0.1) is 10.4 Å². The fraction of sp³-hybridized carbons (Fsp3) is 0.350. The number of carbonyl (C=O) groups is 3. The fourth-order valence-corrected chi connectivity index (χ4v) is 3.57. The minimum absolute atomic E-state index is 0.160. The first-order valence-electron chi connectivity index (χ1n) is 9.03. The molecule has 0 spiro atoms. The Morgan fingerprint density at radius 2 is 1.81 bits per heavy atom. The van der Waals surface area contributed by atoms with Crippen LogP contribution in [-0.4, -0.2) is 42.4 Å². The van der Waals surface area contributed by atoms with E-state index in [2.05, 4.69) is 5.32 Å². The van der Waals surface area contributed by atoms with Gasteiger partial charge < -0.3 is 15.0 Å². The number of nitrogens with one attached hydrogen (secondary N) is 1. The summed E-state index contributed by atoms with van der Waals surface area (Å²) in [4.78, 5) is 38.9. The lowest BCUT2D eigenvalue weighted by Gasteiger charge is -2.19. The topological polar surface area (TPSA) is 75.7 Å². The first-order valence-corrected chi connectivity index (χ1v) is 9.91. The van der Waals surface area contributed by atoms with Gasteiger partial charge in [0.25, 0.3) is 11.8 Å². The molecular weight excluding hydrogens is 364 g/mol. The number of thiophene rings is 1. The molecule has 3 rings (SSSR count). The molecule has 2 heterocycles. The number of anilines is 1. The zero-order valence-electron chi connectivity index (χ0n) is 15.0. The van der Waals surface area contributed by atoms with E-state index >= 15 is 0 Å². The molecule has 1 fully saturated rings. The van der Waals surface area contributed by atoms with E-state index in [1.165, 1.54) is 11.3 Å². The average Bonchev–Trinajstić information content (AvgIpc) is 3.09. The van der Waals surface area contributed by atoms with E-state index in [-0.39, 0.29) is 18.4 Å². The first kappa shape index (κ1) is 19.1. The van der Waals surface area contributed by atoms with Crippen LogP contribution in [0.25, 0.3) is 0 Å². The molecule has 1 N–H and O–H groups in total. The third kappa shape index (κ3) is 5.40. The van der Waals surface area contributed by atoms with E-state index in [4.69, 9.17) is 4.74 Å². The van der Waals surface area contributed by atoms with Gasteiger partial charge in [0, 0.05) is 18.8 Å². The predicted octanol–water partition coefficient (Wildman–Crippen LogP) is 3.56. The molecule has 2 amide bonds. The molecule has 0 radical (unpaired) electrons. The Kier molecular flexibility index (Phi) is 6.59. The quantitative estimate of drug-likeness (QED) is 0.797. The zero-order valence-corrected chi connectivity index (χ0v) is 15.8. The van der Waals surface area contributed by atoms with Gasteiger partial charge in [-0.3, -0.25) is 9.59 Å². The Balaban J connectivity index is 1.55. The molecule has 6 nitrogen and oxygen atoms in total. The first-order chi connectivity index (χ1) is 13.1. The molecule has 27 heavy (non-hydrogen) atoms. The van der Waals surface area contributed by atoms with Gasteiger partial charge in [-0.2, -0.15) is 0 Å². The van der Waals surface area contributed by atoms with E-state index in [9.17, 15) is 14.4 Å². The molecule has 0 atom stereocenters. The Bertz CT molecular complexity index is 796. The predicted molar refractivity (Wildman–Crippen MR) is 104 cm³/mol. The molecule has 2 aromatic rings. The minimum Gasteiger partial charge on any atom is -0.452 e. The van der Waals surface area contributed by atoms with Crippen LogP contribution in [0.5, 0.6) is 0 Å². The summed E-state index contributed by atoms with van der Waals surface area (Å²) in [7, 11) is 0. The van der Waals surface area contributed by atoms with Crippen LogP contribution in [-0.2, 0) is 9.53 Å². The number of hydrogen-bond acceptors (Lipinski definition) is 5. The number of likely N-dealkylation sites (tertiary alicyclic amines) is 1. The second kappa shape index (κ2) is 9.32. The number of nitrogens with zero attached hydrogens (tertiary/aromatic N) is 1. The summed E-state index contributed by atoms with van der Waals surface area (Å²) >= 11 is 1.34. The van der Waals surface area contributed by atoms with Crippen LogP contribution < -0.4 is 5.32 Å². The lowest BCUT2D eigenvalue weighted by molar-refractivity contribution is -0.134. The summed E-state index contributed by atoms with van der Waals surface area (Å²) in [5.74, 6) is -0.968. The van der Waals surface area contributed by atoms with Crippen molar-refractivity contribution in [2.45, 2.75) is 25.7 Å². The summed E-state index contributed by atoms with van der Waals surface area (Å²) in [5.41, 5.74) is 0.796. The fourth-order valence-electron chi connectivity index (χ4n) is 2.95. The second-order valence-electron chi connectivity index (χ2n) is 6.38. The number of carbonyl (C=O) groups excluding carboxylic acids is 3. The Morgan fingerprint density at radius 3 is 2.52 bits per heavy atom. The molecule has 0 aliphatic carbocycles. The third-order valence-corrected chi connectivity index (χ3v) is 5.26. The summed E-state index contributed by atoms with van der Waals surface area (Å²) in [5, 5.41) is 4.58. The van der Waals surface area contributed by atoms with Gasteiger partial charge >= 0.3 is 5.97 Å². The molecule has 1 aromatic carbocycles. The van der Waals surface area contributed by atoms with Crippen molar-refractivity contribution in [2.24, 2.45) is 0 Å². The smallest absolute Gasteiger partial charge is 0.338 e. The normalized spacial score (nSPS) is 14.3. The van der Waals surface area contributed by atoms with Crippen LogP contribution >= 0.6 is 11.3 Å². The number of rotatable bonds is 5. The number of benzene rings is 1. The molecule has 0 unspecified atom stereocenters. The van der Waals surface area contributed by atoms with Gasteiger partial charge in [-0.25, -0.2) is 4.79 Å². The van der Waals surface area contributed by atoms with Crippen LogP contribution in [0.3, 0.4) is 0 Å². The molecule has 1 aliphatic heterocycles. The van der Waals surface area contributed by atoms with Crippen LogP contribution in [0.2, 0.25) is 0 Å². The highest BCUT2D eigenvalue weighted by atomic mass is 32.1. The summed E-state index contributed by atoms with van der Waals surface area (Å²) in [6, 6.07) is 10.0. The van der Waals surface area contributed by atoms with Crippen molar-refractivity contribution in [2.75, 3.05) is 25.0 Å². The SMILES string of the molecule is O=C(OCC(=O)N1CCCCCC1)c1cccc(NC(=O)c2cccs2)c1. The van der Waals surface area contributed by atoms with Crippen molar-refractivity contribution in [3.63, 3.8) is 0 Å². The van der Waals surface area contributed by atoms with Crippen LogP contribution in [0.4, 0.5) is 5.69 Å². The van der Waals surface area contributed by atoms with Gasteiger partial charge in [0.1, 0.15) is 0 Å². The maximum Gasteiger partial charge on any atom is 0.338 e. The Hall–Kier alpha value is -2.67. The maximum absolute atomic E-state index is 12.3. The number of hydrogen-bond donors (Lipinski definition) is 1. The largest absolute Gasteiger partial charge is 0.452 e. The maximum atomic E-state index is 12.3. The highest BCUT2D eigenvalue weighted by Gasteiger charge is 2.18. The minimum atomic E-state index is -0.578. The van der Waals surface area contributed by atoms with E-state index in [1.807, 2.05) is 5.38 Å². The van der Waals surface area contributed by atoms with Gasteiger partial charge in [-0.15, -0.1) is 11.3 Å². The van der Waals surface area contributed by atoms with Crippen molar-refractivity contribution in [1.29, 1.82) is 0 Å². The highest BCUT2D eigenvalue weighted by Crippen LogP contribution is 2.16. The number of esters is 1. The highest BCUT2D eigenvalue weighted by molar-refractivity contribution is 7.12. The van der Waals surface area contributed by atoms with Crippen molar-refractivity contribution in [3.8, 4) is 0 Å². The van der Waals surface area contributed by atoms with E-state index < -0.39 is 5.97 Å². The third-order valence-electron chi connectivity index (χ3n) is 4.39. The second-order valence-corrected chi connectivity index (χ2v) is 7.33. The standard InChI is InChI=1S/C20H22N2O4S/c23-18(22-10-3-1-2-4-11-22)14-26-20(25)15-7-5-8-16(13-15)21-19(24)17-9-6-12-27-17/h5-9,12-13H,1-4,10-11,14H2,(H,21,24). The molecule has 1 saturated heterocycles. The van der Waals surface area contributed by atoms with Crippen LogP contribution in [0.1, 0.15) is 45.7 Å². The number of amides is 2. The van der Waals surface area contributed by atoms with Gasteiger partial charge in [-0.05, 0) is 42.5 Å². The van der Waals surface area contributed by atoms with E-state index in [1.54, 1.807) is 41.3 Å². The Labute approximate surface area is 162 Å². The molecule has 0 saturated carbocycles. The zero-order chi connectivity index (χ0) is 19.1. The van der Waals surface area contributed by atoms with Crippen LogP contribution in [0.15, 0.2) is 41.8 Å². The summed E-state index contributed by atoms with van der Waals surface area (Å²) in [6.45, 7) is 1.19. The van der Waals surface area contributed by atoms with Crippen molar-refractivity contribution < 1.29 is 19.1 Å². The van der Waals surface area contributed by atoms with Crippen molar-refractivity contribution in [3.05, 3.63) is 52.2 Å². The molecule has 142 valence electrons. The van der Waals surface area contributed by atoms with E-state index in [0.29, 0.717) is 16.1 Å². The molecule has 1 aromatic heterocycles. The molecule has 0 bridgehead atoms. The van der Waals surface area contributed by atoms with Gasteiger partial charge in [0.15, 0.2) is 6.61 Å². The van der Waals surface area contributed by atoms with Gasteiger partial charge in [-0.1, -0.05) is 25.0 Å². The van der Waals surface area contributed by atoms with Gasteiger partial charge in [0.2, 0.25) is 0 Å². The van der Waals surface area contributed by atoms with Crippen molar-refractivity contribution in [1.82, 2.24) is 4.90 Å². The average molecular weight is 386 g/mol. The van der Waals surface area contributed by atoms with Crippen LogP contribution in [0, 0.1) is 0 Å². The monoisotopic (exact) mass is 386 g/mol. The lowest BCUT2D eigenvalue weighted by atomic mass is 10.2. The molecular formula is C20H22N2O4S. The summed E-state index contributed by atoms with van der Waals surface area (Å²) in [6.07, 6.45) is 4.25. The van der Waals surface area contributed by atoms with E-state index in [0.717, 1.165) is 38.8 Å².